The second-order valence-electron chi connectivity index (χ2n) is 2.07. The van der Waals surface area contributed by atoms with Crippen LogP contribution in [0.15, 0.2) is 0 Å². The van der Waals surface area contributed by atoms with Crippen LogP contribution in [0.4, 0.5) is 0 Å². The number of carboxylic acids is 1. The van der Waals surface area contributed by atoms with E-state index in [1.807, 2.05) is 0 Å². The molecular weight excluding hydrogens is 209 g/mol. The standard InChI is InChI=1S/C7H11NO2Se/c1-2-3-4-11-6(5-8)7(9)10/h6H,2-4H2,1H3,(H,9,10). The van der Waals surface area contributed by atoms with Gasteiger partial charge in [-0.2, -0.15) is 0 Å². The summed E-state index contributed by atoms with van der Waals surface area (Å²) in [6.45, 7) is 2.05. The molecule has 0 aromatic rings. The van der Waals surface area contributed by atoms with Crippen molar-refractivity contribution in [2.75, 3.05) is 0 Å². The molecule has 62 valence electrons. The molecule has 0 aromatic heterocycles. The van der Waals surface area contributed by atoms with Gasteiger partial charge in [-0.25, -0.2) is 0 Å². The summed E-state index contributed by atoms with van der Waals surface area (Å²) in [5.41, 5.74) is 0. The van der Waals surface area contributed by atoms with Crippen molar-refractivity contribution < 1.29 is 9.90 Å². The Labute approximate surface area is 72.6 Å². The monoisotopic (exact) mass is 221 g/mol. The fraction of sp³-hybridized carbons (Fsp3) is 0.714. The van der Waals surface area contributed by atoms with Crippen molar-refractivity contribution in [3.05, 3.63) is 0 Å². The number of hydrogen-bond acceptors (Lipinski definition) is 2. The molecule has 0 aromatic carbocycles. The molecule has 0 saturated carbocycles. The molecule has 0 spiro atoms. The quantitative estimate of drug-likeness (QED) is 0.561. The first-order valence-electron chi connectivity index (χ1n) is 3.46. The average molecular weight is 220 g/mol. The molecule has 0 bridgehead atoms. The summed E-state index contributed by atoms with van der Waals surface area (Å²) < 4.78 is 0. The van der Waals surface area contributed by atoms with Crippen molar-refractivity contribution in [1.29, 1.82) is 5.26 Å². The van der Waals surface area contributed by atoms with E-state index >= 15 is 0 Å². The molecule has 0 rings (SSSR count). The van der Waals surface area contributed by atoms with Gasteiger partial charge >= 0.3 is 72.1 Å². The molecule has 0 aliphatic carbocycles. The number of aliphatic carboxylic acids is 1. The third kappa shape index (κ3) is 4.83. The zero-order chi connectivity index (χ0) is 8.69. The molecule has 0 aliphatic rings. The zero-order valence-electron chi connectivity index (χ0n) is 6.41. The molecule has 3 nitrogen and oxygen atoms in total. The molecule has 0 amide bonds. The molecule has 0 aliphatic heterocycles. The second kappa shape index (κ2) is 6.21. The predicted octanol–water partition coefficient (Wildman–Crippen LogP) is 1.31. The molecule has 1 N–H and O–H groups in total. The normalized spacial score (nSPS) is 12.0. The van der Waals surface area contributed by atoms with Gasteiger partial charge < -0.3 is 0 Å². The Balaban J connectivity index is 3.55. The van der Waals surface area contributed by atoms with E-state index in [4.69, 9.17) is 10.4 Å². The van der Waals surface area contributed by atoms with Gasteiger partial charge in [0.15, 0.2) is 0 Å². The van der Waals surface area contributed by atoms with Crippen molar-refractivity contribution in [2.45, 2.75) is 29.9 Å². The number of unbranched alkanes of at least 4 members (excludes halogenated alkanes) is 1. The third-order valence-corrected chi connectivity index (χ3v) is 3.57. The van der Waals surface area contributed by atoms with Crippen LogP contribution in [0.2, 0.25) is 10.1 Å². The van der Waals surface area contributed by atoms with Crippen molar-refractivity contribution in [3.8, 4) is 6.07 Å². The number of nitrogens with zero attached hydrogens (tertiary/aromatic N) is 1. The molecule has 0 saturated heterocycles. The Morgan fingerprint density at radius 2 is 2.45 bits per heavy atom. The van der Waals surface area contributed by atoms with Gasteiger partial charge in [0.2, 0.25) is 0 Å². The van der Waals surface area contributed by atoms with Gasteiger partial charge in [-0.15, -0.1) is 0 Å². The fourth-order valence-corrected chi connectivity index (χ4v) is 2.41. The van der Waals surface area contributed by atoms with Gasteiger partial charge in [-0.05, 0) is 0 Å². The number of carbonyl (C=O) groups is 1. The van der Waals surface area contributed by atoms with E-state index in [1.165, 1.54) is 0 Å². The van der Waals surface area contributed by atoms with Crippen LogP contribution in [0.1, 0.15) is 19.8 Å². The van der Waals surface area contributed by atoms with E-state index in [1.54, 1.807) is 6.07 Å². The van der Waals surface area contributed by atoms with Crippen LogP contribution >= 0.6 is 0 Å². The Morgan fingerprint density at radius 3 is 2.82 bits per heavy atom. The molecular formula is C7H11NO2Se. The van der Waals surface area contributed by atoms with E-state index in [0.29, 0.717) is 0 Å². The molecule has 0 radical (unpaired) electrons. The predicted molar refractivity (Wildman–Crippen MR) is 42.5 cm³/mol. The van der Waals surface area contributed by atoms with Gasteiger partial charge in [0, 0.05) is 0 Å². The first kappa shape index (κ1) is 10.5. The van der Waals surface area contributed by atoms with Crippen molar-refractivity contribution in [1.82, 2.24) is 0 Å². The molecule has 11 heavy (non-hydrogen) atoms. The maximum atomic E-state index is 10.3. The summed E-state index contributed by atoms with van der Waals surface area (Å²) in [7, 11) is 0. The minimum atomic E-state index is -0.969. The number of carboxylic acid groups (broad SMARTS) is 1. The van der Waals surface area contributed by atoms with E-state index in [9.17, 15) is 4.79 Å². The summed E-state index contributed by atoms with van der Waals surface area (Å²) in [6, 6.07) is 1.79. The van der Waals surface area contributed by atoms with Crippen molar-refractivity contribution >= 4 is 20.9 Å². The first-order valence-corrected chi connectivity index (χ1v) is 5.66. The maximum absolute atomic E-state index is 10.3. The molecule has 0 fully saturated rings. The van der Waals surface area contributed by atoms with Crippen LogP contribution in [0.25, 0.3) is 0 Å². The fourth-order valence-electron chi connectivity index (χ4n) is 0.509. The molecule has 1 unspecified atom stereocenters. The Kier molecular flexibility index (Phi) is 5.91. The summed E-state index contributed by atoms with van der Waals surface area (Å²) in [6.07, 6.45) is 2.10. The van der Waals surface area contributed by atoms with Crippen molar-refractivity contribution in [3.63, 3.8) is 0 Å². The van der Waals surface area contributed by atoms with Gasteiger partial charge in [0.1, 0.15) is 0 Å². The zero-order valence-corrected chi connectivity index (χ0v) is 8.12. The van der Waals surface area contributed by atoms with Gasteiger partial charge in [0.05, 0.1) is 0 Å². The van der Waals surface area contributed by atoms with E-state index < -0.39 is 10.8 Å². The van der Waals surface area contributed by atoms with Crippen LogP contribution in [-0.4, -0.2) is 26.0 Å². The van der Waals surface area contributed by atoms with Gasteiger partial charge in [-0.3, -0.25) is 0 Å². The second-order valence-corrected chi connectivity index (χ2v) is 4.62. The third-order valence-electron chi connectivity index (χ3n) is 1.12. The van der Waals surface area contributed by atoms with Crippen LogP contribution in [-0.2, 0) is 4.79 Å². The molecule has 4 heteroatoms. The topological polar surface area (TPSA) is 61.1 Å². The molecule has 1 atom stereocenters. The number of rotatable bonds is 5. The van der Waals surface area contributed by atoms with Gasteiger partial charge in [-0.1, -0.05) is 0 Å². The van der Waals surface area contributed by atoms with Crippen LogP contribution in [0.5, 0.6) is 0 Å². The van der Waals surface area contributed by atoms with E-state index in [-0.39, 0.29) is 15.0 Å². The Morgan fingerprint density at radius 1 is 1.82 bits per heavy atom. The first-order chi connectivity index (χ1) is 5.22. The van der Waals surface area contributed by atoms with Crippen LogP contribution in [0.3, 0.4) is 0 Å². The number of nitriles is 1. The SMILES string of the molecule is CCCC[Se]C(C#N)C(=O)O. The van der Waals surface area contributed by atoms with Crippen LogP contribution < -0.4 is 0 Å². The Bertz CT molecular complexity index is 164. The summed E-state index contributed by atoms with van der Waals surface area (Å²) in [4.78, 5) is 9.58. The summed E-state index contributed by atoms with van der Waals surface area (Å²) in [5, 5.41) is 17.7. The summed E-state index contributed by atoms with van der Waals surface area (Å²) in [5.74, 6) is -0.969. The minimum absolute atomic E-state index is 0.0450. The average Bonchev–Trinajstić information content (AvgIpc) is 1.97. The number of hydrogen-bond donors (Lipinski definition) is 1. The Hall–Kier alpha value is -0.521. The van der Waals surface area contributed by atoms with E-state index in [2.05, 4.69) is 6.92 Å². The van der Waals surface area contributed by atoms with Crippen LogP contribution in [0, 0.1) is 11.3 Å². The summed E-state index contributed by atoms with van der Waals surface area (Å²) >= 11 is -0.0450. The van der Waals surface area contributed by atoms with E-state index in [0.717, 1.165) is 18.2 Å². The molecule has 0 heterocycles. The van der Waals surface area contributed by atoms with Gasteiger partial charge in [0.25, 0.3) is 0 Å². The van der Waals surface area contributed by atoms with Crippen molar-refractivity contribution in [2.24, 2.45) is 0 Å².